The molecule has 0 spiro atoms. The van der Waals surface area contributed by atoms with Gasteiger partial charge in [0.25, 0.3) is 0 Å². The zero-order valence-corrected chi connectivity index (χ0v) is 8.88. The fraction of sp³-hybridized carbons (Fsp3) is 0.333. The molecular formula is C9H11BrN2. The number of rotatable bonds is 0. The summed E-state index contributed by atoms with van der Waals surface area (Å²) < 4.78 is 0. The van der Waals surface area contributed by atoms with Gasteiger partial charge in [-0.25, -0.2) is 0 Å². The molecule has 0 saturated heterocycles. The molecule has 12 heavy (non-hydrogen) atoms. The summed E-state index contributed by atoms with van der Waals surface area (Å²) in [6, 6.07) is 5.84. The second-order valence-electron chi connectivity index (χ2n) is 2.10. The van der Waals surface area contributed by atoms with Gasteiger partial charge in [-0.05, 0) is 13.8 Å². The Morgan fingerprint density at radius 3 is 1.75 bits per heavy atom. The van der Waals surface area contributed by atoms with Gasteiger partial charge in [-0.1, -0.05) is 11.8 Å². The highest BCUT2D eigenvalue weighted by atomic mass is 79.9. The van der Waals surface area contributed by atoms with Gasteiger partial charge in [0.15, 0.2) is 0 Å². The number of nitrogens with zero attached hydrogens (tertiary/aromatic N) is 2. The lowest BCUT2D eigenvalue weighted by Crippen LogP contribution is -2.17. The van der Waals surface area contributed by atoms with Crippen molar-refractivity contribution >= 4 is 17.0 Å². The van der Waals surface area contributed by atoms with Crippen molar-refractivity contribution in [2.45, 2.75) is 13.8 Å². The summed E-state index contributed by atoms with van der Waals surface area (Å²) >= 11 is 0. The van der Waals surface area contributed by atoms with Crippen LogP contribution in [0.15, 0.2) is 12.4 Å². The van der Waals surface area contributed by atoms with Crippen molar-refractivity contribution in [2.24, 2.45) is 0 Å². The van der Waals surface area contributed by atoms with Crippen LogP contribution in [-0.2, 0) is 0 Å². The number of hydrogen-bond acceptors (Lipinski definition) is 2. The molecule has 2 nitrogen and oxygen atoms in total. The van der Waals surface area contributed by atoms with Crippen molar-refractivity contribution in [2.75, 3.05) is 6.67 Å². The minimum atomic E-state index is 0. The summed E-state index contributed by atoms with van der Waals surface area (Å²) in [6.07, 6.45) is 3.84. The van der Waals surface area contributed by atoms with Crippen LogP contribution in [0.4, 0.5) is 0 Å². The fourth-order valence-corrected chi connectivity index (χ4v) is 0.852. The minimum Gasteiger partial charge on any atom is -0.287 e. The van der Waals surface area contributed by atoms with Crippen molar-refractivity contribution in [1.82, 2.24) is 9.80 Å². The average molecular weight is 227 g/mol. The predicted molar refractivity (Wildman–Crippen MR) is 54.9 cm³/mol. The van der Waals surface area contributed by atoms with E-state index in [0.717, 1.165) is 6.67 Å². The molecule has 0 unspecified atom stereocenters. The minimum absolute atomic E-state index is 0. The zero-order valence-electron chi connectivity index (χ0n) is 7.16. The fourth-order valence-electron chi connectivity index (χ4n) is 0.852. The molecule has 1 aliphatic rings. The van der Waals surface area contributed by atoms with E-state index in [1.54, 1.807) is 0 Å². The van der Waals surface area contributed by atoms with E-state index >= 15 is 0 Å². The molecule has 0 aliphatic carbocycles. The lowest BCUT2D eigenvalue weighted by molar-refractivity contribution is 0.421. The predicted octanol–water partition coefficient (Wildman–Crippen LogP) is 1.57. The van der Waals surface area contributed by atoms with Gasteiger partial charge < -0.3 is 0 Å². The third kappa shape index (κ3) is 2.90. The molecule has 0 radical (unpaired) electrons. The normalized spacial score (nSPS) is 12.5. The molecule has 0 bridgehead atoms. The Kier molecular flexibility index (Phi) is 5.08. The average Bonchev–Trinajstić information content (AvgIpc) is 2.38. The summed E-state index contributed by atoms with van der Waals surface area (Å²) in [5, 5.41) is 0. The summed E-state index contributed by atoms with van der Waals surface area (Å²) in [4.78, 5) is 3.79. The van der Waals surface area contributed by atoms with Crippen molar-refractivity contribution in [1.29, 1.82) is 0 Å². The Morgan fingerprint density at radius 1 is 1.00 bits per heavy atom. The van der Waals surface area contributed by atoms with E-state index in [9.17, 15) is 0 Å². The topological polar surface area (TPSA) is 6.48 Å². The van der Waals surface area contributed by atoms with Gasteiger partial charge in [0.2, 0.25) is 0 Å². The van der Waals surface area contributed by atoms with Crippen LogP contribution in [-0.4, -0.2) is 16.5 Å². The molecule has 0 amide bonds. The number of hydrogen-bond donors (Lipinski definition) is 0. The third-order valence-electron chi connectivity index (χ3n) is 1.24. The first-order chi connectivity index (χ1) is 5.36. The Hall–Kier alpha value is -1.06. The van der Waals surface area contributed by atoms with Crippen LogP contribution in [0.3, 0.4) is 0 Å². The van der Waals surface area contributed by atoms with Gasteiger partial charge in [-0.15, -0.1) is 17.0 Å². The maximum atomic E-state index is 2.92. The van der Waals surface area contributed by atoms with Crippen LogP contribution < -0.4 is 0 Å². The molecule has 1 heterocycles. The molecule has 0 aromatic rings. The SMILES string of the molecule is Br.CC#CN1C=CN(C#CC)C1. The van der Waals surface area contributed by atoms with Crippen LogP contribution in [0.25, 0.3) is 0 Å². The second-order valence-corrected chi connectivity index (χ2v) is 2.10. The summed E-state index contributed by atoms with van der Waals surface area (Å²) in [7, 11) is 0. The standard InChI is InChI=1S/C9H10N2.BrH/c1-3-5-10-7-8-11(9-10)6-4-2;/h7-8H,9H2,1-2H3;1H. The maximum absolute atomic E-state index is 2.92. The highest BCUT2D eigenvalue weighted by Crippen LogP contribution is 2.02. The quantitative estimate of drug-likeness (QED) is 0.579. The number of halogens is 1. The smallest absolute Gasteiger partial charge is 0.114 e. The molecule has 64 valence electrons. The van der Waals surface area contributed by atoms with Crippen LogP contribution in [0.5, 0.6) is 0 Å². The van der Waals surface area contributed by atoms with E-state index in [1.807, 2.05) is 36.0 Å². The maximum Gasteiger partial charge on any atom is 0.114 e. The molecule has 0 aromatic heterocycles. The van der Waals surface area contributed by atoms with E-state index in [2.05, 4.69) is 23.9 Å². The molecule has 1 rings (SSSR count). The highest BCUT2D eigenvalue weighted by Gasteiger charge is 2.06. The summed E-state index contributed by atoms with van der Waals surface area (Å²) in [6.45, 7) is 4.39. The largest absolute Gasteiger partial charge is 0.287 e. The van der Waals surface area contributed by atoms with E-state index < -0.39 is 0 Å². The van der Waals surface area contributed by atoms with Gasteiger partial charge in [0.1, 0.15) is 6.67 Å². The van der Waals surface area contributed by atoms with Crippen LogP contribution in [0, 0.1) is 23.9 Å². The molecular weight excluding hydrogens is 216 g/mol. The molecule has 1 aliphatic heterocycles. The first-order valence-corrected chi connectivity index (χ1v) is 3.43. The van der Waals surface area contributed by atoms with Gasteiger partial charge in [-0.2, -0.15) is 0 Å². The second kappa shape index (κ2) is 5.57. The first kappa shape index (κ1) is 10.9. The molecule has 0 aromatic carbocycles. The molecule has 0 fully saturated rings. The van der Waals surface area contributed by atoms with Gasteiger partial charge in [0, 0.05) is 24.5 Å². The third-order valence-corrected chi connectivity index (χ3v) is 1.24. The summed E-state index contributed by atoms with van der Waals surface area (Å²) in [5.74, 6) is 5.64. The van der Waals surface area contributed by atoms with Crippen LogP contribution in [0.1, 0.15) is 13.8 Å². The Bertz CT molecular complexity index is 246. The van der Waals surface area contributed by atoms with Crippen molar-refractivity contribution < 1.29 is 0 Å². The lowest BCUT2D eigenvalue weighted by atomic mass is 10.7. The van der Waals surface area contributed by atoms with E-state index in [1.165, 1.54) is 0 Å². The van der Waals surface area contributed by atoms with Gasteiger partial charge in [0.05, 0.1) is 0 Å². The molecule has 0 saturated carbocycles. The van der Waals surface area contributed by atoms with Gasteiger partial charge >= 0.3 is 0 Å². The Labute approximate surface area is 84.0 Å². The summed E-state index contributed by atoms with van der Waals surface area (Å²) in [5.41, 5.74) is 0. The Balaban J connectivity index is 0.00000121. The van der Waals surface area contributed by atoms with Crippen molar-refractivity contribution in [3.63, 3.8) is 0 Å². The molecule has 0 atom stereocenters. The lowest BCUT2D eigenvalue weighted by Gasteiger charge is -2.08. The zero-order chi connectivity index (χ0) is 8.10. The van der Waals surface area contributed by atoms with Crippen LogP contribution >= 0.6 is 17.0 Å². The van der Waals surface area contributed by atoms with E-state index in [-0.39, 0.29) is 17.0 Å². The first-order valence-electron chi connectivity index (χ1n) is 3.43. The van der Waals surface area contributed by atoms with Crippen molar-refractivity contribution in [3.05, 3.63) is 12.4 Å². The van der Waals surface area contributed by atoms with Crippen molar-refractivity contribution in [3.8, 4) is 23.9 Å². The Morgan fingerprint density at radius 2 is 1.42 bits per heavy atom. The van der Waals surface area contributed by atoms with E-state index in [4.69, 9.17) is 0 Å². The van der Waals surface area contributed by atoms with E-state index in [0.29, 0.717) is 0 Å². The molecule has 3 heteroatoms. The highest BCUT2D eigenvalue weighted by molar-refractivity contribution is 8.93. The molecule has 0 N–H and O–H groups in total. The monoisotopic (exact) mass is 226 g/mol. The van der Waals surface area contributed by atoms with Crippen LogP contribution in [0.2, 0.25) is 0 Å². The van der Waals surface area contributed by atoms with Gasteiger partial charge in [-0.3, -0.25) is 9.80 Å².